The van der Waals surface area contributed by atoms with Gasteiger partial charge in [0, 0.05) is 16.6 Å². The van der Waals surface area contributed by atoms with Crippen molar-refractivity contribution in [2.24, 2.45) is 5.92 Å². The minimum absolute atomic E-state index is 0.114. The van der Waals surface area contributed by atoms with E-state index in [9.17, 15) is 14.4 Å². The molecule has 3 aromatic rings. The maximum absolute atomic E-state index is 12.7. The first-order chi connectivity index (χ1) is 13.3. The molecule has 1 aliphatic rings. The van der Waals surface area contributed by atoms with Crippen LogP contribution in [0.5, 0.6) is 0 Å². The maximum Gasteiger partial charge on any atom is 0.347 e. The molecule has 6 nitrogen and oxygen atoms in total. The first-order valence-electron chi connectivity index (χ1n) is 8.96. The Kier molecular flexibility index (Phi) is 4.63. The third-order valence-electron chi connectivity index (χ3n) is 4.74. The second-order valence-corrected chi connectivity index (χ2v) is 8.09. The molecule has 4 rings (SSSR count). The molecule has 0 fully saturated rings. The van der Waals surface area contributed by atoms with Crippen LogP contribution in [-0.4, -0.2) is 28.2 Å². The Morgan fingerprint density at radius 1 is 1.04 bits per heavy atom. The molecule has 0 aliphatic carbocycles. The van der Waals surface area contributed by atoms with E-state index in [1.165, 1.54) is 4.90 Å². The largest absolute Gasteiger partial charge is 0.403 e. The summed E-state index contributed by atoms with van der Waals surface area (Å²) in [6.07, 6.45) is 0.745. The molecule has 0 saturated heterocycles. The average molecular weight is 441 g/mol. The van der Waals surface area contributed by atoms with E-state index in [1.807, 2.05) is 13.8 Å². The Morgan fingerprint density at radius 2 is 1.79 bits per heavy atom. The smallest absolute Gasteiger partial charge is 0.347 e. The lowest BCUT2D eigenvalue weighted by molar-refractivity contribution is 0.0648. The SMILES string of the molecule is CC(C)CCN1C(=O)c2ccc(-c3nc4ccc(Br)cc4c(=O)o3)cc2C1=O. The summed E-state index contributed by atoms with van der Waals surface area (Å²) in [5, 5.41) is 0.366. The van der Waals surface area contributed by atoms with Crippen molar-refractivity contribution >= 4 is 38.6 Å². The number of nitrogens with zero attached hydrogens (tertiary/aromatic N) is 2. The van der Waals surface area contributed by atoms with Gasteiger partial charge in [0.15, 0.2) is 0 Å². The summed E-state index contributed by atoms with van der Waals surface area (Å²) in [6, 6.07) is 9.96. The minimum atomic E-state index is -0.511. The number of imide groups is 1. The predicted octanol–water partition coefficient (Wildman–Crippen LogP) is 4.26. The number of hydrogen-bond acceptors (Lipinski definition) is 5. The fourth-order valence-electron chi connectivity index (χ4n) is 3.18. The molecule has 142 valence electrons. The van der Waals surface area contributed by atoms with Gasteiger partial charge in [-0.05, 0) is 48.7 Å². The highest BCUT2D eigenvalue weighted by Crippen LogP contribution is 2.29. The van der Waals surface area contributed by atoms with E-state index in [2.05, 4.69) is 20.9 Å². The van der Waals surface area contributed by atoms with Crippen LogP contribution in [0.4, 0.5) is 0 Å². The average Bonchev–Trinajstić information content (AvgIpc) is 2.90. The lowest BCUT2D eigenvalue weighted by Gasteiger charge is -2.14. The van der Waals surface area contributed by atoms with Gasteiger partial charge in [-0.3, -0.25) is 14.5 Å². The molecular formula is C21H17BrN2O4. The first-order valence-corrected chi connectivity index (χ1v) is 9.75. The summed E-state index contributed by atoms with van der Waals surface area (Å²) < 4.78 is 6.12. The van der Waals surface area contributed by atoms with Gasteiger partial charge in [0.05, 0.1) is 22.0 Å². The van der Waals surface area contributed by atoms with Crippen molar-refractivity contribution in [3.8, 4) is 11.5 Å². The molecule has 0 unspecified atom stereocenters. The zero-order chi connectivity index (χ0) is 20.0. The van der Waals surface area contributed by atoms with Crippen molar-refractivity contribution < 1.29 is 14.0 Å². The van der Waals surface area contributed by atoms with Crippen molar-refractivity contribution in [3.63, 3.8) is 0 Å². The van der Waals surface area contributed by atoms with E-state index >= 15 is 0 Å². The standard InChI is InChI=1S/C21H17BrN2O4/c1-11(2)7-8-24-19(25)14-5-3-12(9-15(14)20(24)26)18-23-17-6-4-13(22)10-16(17)21(27)28-18/h3-6,9-11H,7-8H2,1-2H3. The van der Waals surface area contributed by atoms with Gasteiger partial charge in [-0.15, -0.1) is 0 Å². The molecule has 1 aromatic heterocycles. The van der Waals surface area contributed by atoms with Crippen molar-refractivity contribution in [3.05, 3.63) is 62.4 Å². The van der Waals surface area contributed by atoms with Crippen LogP contribution < -0.4 is 5.63 Å². The number of halogens is 1. The van der Waals surface area contributed by atoms with E-state index in [4.69, 9.17) is 4.42 Å². The molecule has 28 heavy (non-hydrogen) atoms. The van der Waals surface area contributed by atoms with Crippen LogP contribution in [0, 0.1) is 5.92 Å². The van der Waals surface area contributed by atoms with Crippen molar-refractivity contribution in [1.82, 2.24) is 9.88 Å². The second kappa shape index (κ2) is 6.98. The molecule has 0 atom stereocenters. The van der Waals surface area contributed by atoms with Gasteiger partial charge in [-0.25, -0.2) is 9.78 Å². The fraction of sp³-hybridized carbons (Fsp3) is 0.238. The summed E-state index contributed by atoms with van der Waals surface area (Å²) in [6.45, 7) is 4.47. The van der Waals surface area contributed by atoms with Crippen molar-refractivity contribution in [2.75, 3.05) is 6.54 Å². The molecular weight excluding hydrogens is 424 g/mol. The summed E-state index contributed by atoms with van der Waals surface area (Å²) in [5.41, 5.74) is 1.14. The topological polar surface area (TPSA) is 80.5 Å². The third-order valence-corrected chi connectivity index (χ3v) is 5.23. The summed E-state index contributed by atoms with van der Waals surface area (Å²) in [5.74, 6) is -0.112. The van der Waals surface area contributed by atoms with Gasteiger partial charge in [0.2, 0.25) is 5.89 Å². The van der Waals surface area contributed by atoms with Crippen LogP contribution in [0.15, 0.2) is 50.1 Å². The van der Waals surface area contributed by atoms with Crippen molar-refractivity contribution in [1.29, 1.82) is 0 Å². The summed E-state index contributed by atoms with van der Waals surface area (Å²) in [4.78, 5) is 43.2. The van der Waals surface area contributed by atoms with Crippen LogP contribution >= 0.6 is 15.9 Å². The van der Waals surface area contributed by atoms with Crippen LogP contribution in [0.2, 0.25) is 0 Å². The van der Waals surface area contributed by atoms with Gasteiger partial charge in [-0.1, -0.05) is 29.8 Å². The number of fused-ring (bicyclic) bond motifs is 2. The molecule has 0 spiro atoms. The lowest BCUT2D eigenvalue weighted by atomic mass is 10.1. The fourth-order valence-corrected chi connectivity index (χ4v) is 3.54. The van der Waals surface area contributed by atoms with Gasteiger partial charge in [0.25, 0.3) is 11.8 Å². The predicted molar refractivity (Wildman–Crippen MR) is 108 cm³/mol. The van der Waals surface area contributed by atoms with Crippen LogP contribution in [0.1, 0.15) is 41.0 Å². The van der Waals surface area contributed by atoms with Crippen LogP contribution in [0.25, 0.3) is 22.4 Å². The van der Waals surface area contributed by atoms with Gasteiger partial charge < -0.3 is 4.42 Å². The Bertz CT molecular complexity index is 1180. The van der Waals surface area contributed by atoms with Crippen LogP contribution in [-0.2, 0) is 0 Å². The quantitative estimate of drug-likeness (QED) is 0.566. The van der Waals surface area contributed by atoms with Crippen molar-refractivity contribution in [2.45, 2.75) is 20.3 Å². The van der Waals surface area contributed by atoms with Crippen LogP contribution in [0.3, 0.4) is 0 Å². The van der Waals surface area contributed by atoms with E-state index in [-0.39, 0.29) is 17.7 Å². The Morgan fingerprint density at radius 3 is 2.54 bits per heavy atom. The monoisotopic (exact) mass is 440 g/mol. The second-order valence-electron chi connectivity index (χ2n) is 7.17. The lowest BCUT2D eigenvalue weighted by Crippen LogP contribution is -2.31. The molecule has 0 N–H and O–H groups in total. The molecule has 0 bridgehead atoms. The normalized spacial score (nSPS) is 13.6. The maximum atomic E-state index is 12.7. The van der Waals surface area contributed by atoms with Gasteiger partial charge >= 0.3 is 5.63 Å². The zero-order valence-electron chi connectivity index (χ0n) is 15.4. The zero-order valence-corrected chi connectivity index (χ0v) is 16.9. The number of rotatable bonds is 4. The number of hydrogen-bond donors (Lipinski definition) is 0. The summed E-state index contributed by atoms with van der Waals surface area (Å²) >= 11 is 3.32. The number of benzene rings is 2. The van der Waals surface area contributed by atoms with E-state index in [1.54, 1.807) is 36.4 Å². The first kappa shape index (κ1) is 18.6. The highest BCUT2D eigenvalue weighted by molar-refractivity contribution is 9.10. The summed E-state index contributed by atoms with van der Waals surface area (Å²) in [7, 11) is 0. The molecule has 0 saturated carbocycles. The molecule has 2 aromatic carbocycles. The molecule has 2 amide bonds. The van der Waals surface area contributed by atoms with Gasteiger partial charge in [-0.2, -0.15) is 0 Å². The number of amides is 2. The molecule has 0 radical (unpaired) electrons. The number of carbonyl (C=O) groups is 2. The minimum Gasteiger partial charge on any atom is -0.403 e. The molecule has 1 aliphatic heterocycles. The van der Waals surface area contributed by atoms with E-state index in [0.29, 0.717) is 40.1 Å². The Hall–Kier alpha value is -2.80. The highest BCUT2D eigenvalue weighted by Gasteiger charge is 2.35. The number of aromatic nitrogens is 1. The van der Waals surface area contributed by atoms with Gasteiger partial charge in [0.1, 0.15) is 0 Å². The van der Waals surface area contributed by atoms with E-state index < -0.39 is 5.63 Å². The molecule has 7 heteroatoms. The highest BCUT2D eigenvalue weighted by atomic mass is 79.9. The third kappa shape index (κ3) is 3.16. The Balaban J connectivity index is 1.74. The Labute approximate surface area is 169 Å². The number of carbonyl (C=O) groups excluding carboxylic acids is 2. The van der Waals surface area contributed by atoms with E-state index in [0.717, 1.165) is 10.9 Å². The molecule has 2 heterocycles.